The topological polar surface area (TPSA) is 105 Å². The fourth-order valence-corrected chi connectivity index (χ4v) is 8.29. The maximum atomic E-state index is 12.8. The number of allylic oxidation sites excluding steroid dienone is 3. The summed E-state index contributed by atoms with van der Waals surface area (Å²) in [7, 11) is 1.57. The van der Waals surface area contributed by atoms with Gasteiger partial charge in [0.15, 0.2) is 0 Å². The molecule has 0 aliphatic rings. The lowest BCUT2D eigenvalue weighted by Gasteiger charge is -2.25. The first kappa shape index (κ1) is 59.0. The molecule has 0 aliphatic heterocycles. The van der Waals surface area contributed by atoms with Crippen molar-refractivity contribution in [1.29, 1.82) is 0 Å². The quantitative estimate of drug-likeness (QED) is 0.0243. The molecule has 8 nitrogen and oxygen atoms in total. The zero-order valence-corrected chi connectivity index (χ0v) is 41.4. The van der Waals surface area contributed by atoms with Gasteiger partial charge in [0.25, 0.3) is 0 Å². The van der Waals surface area contributed by atoms with Gasteiger partial charge in [-0.15, -0.1) is 0 Å². The van der Waals surface area contributed by atoms with Gasteiger partial charge in [0.2, 0.25) is 5.91 Å². The summed E-state index contributed by atoms with van der Waals surface area (Å²) in [6, 6.07) is -0.847. The van der Waals surface area contributed by atoms with E-state index in [1.165, 1.54) is 173 Å². The van der Waals surface area contributed by atoms with Crippen LogP contribution in [0.2, 0.25) is 0 Å². The van der Waals surface area contributed by atoms with E-state index in [9.17, 15) is 19.4 Å². The molecule has 0 bridgehead atoms. The third-order valence-corrected chi connectivity index (χ3v) is 12.6. The maximum Gasteiger partial charge on any atom is 0.472 e. The molecule has 60 heavy (non-hydrogen) atoms. The molecule has 3 unspecified atom stereocenters. The van der Waals surface area contributed by atoms with Gasteiger partial charge in [-0.3, -0.25) is 13.8 Å². The number of nitrogens with zero attached hydrogens (tertiary/aromatic N) is 1. The van der Waals surface area contributed by atoms with Gasteiger partial charge >= 0.3 is 7.82 Å². The number of unbranched alkanes of at least 4 members (excludes halogenated alkanes) is 32. The largest absolute Gasteiger partial charge is 0.472 e. The summed E-state index contributed by atoms with van der Waals surface area (Å²) in [4.78, 5) is 23.1. The fourth-order valence-electron chi connectivity index (χ4n) is 7.55. The lowest BCUT2D eigenvalue weighted by molar-refractivity contribution is -0.870. The average molecular weight is 870 g/mol. The lowest BCUT2D eigenvalue weighted by atomic mass is 10.0. The number of rotatable bonds is 47. The number of phosphoric ester groups is 1. The van der Waals surface area contributed by atoms with Crippen molar-refractivity contribution in [3.63, 3.8) is 0 Å². The smallest absolute Gasteiger partial charge is 0.387 e. The third kappa shape index (κ3) is 45.0. The molecule has 3 N–H and O–H groups in total. The van der Waals surface area contributed by atoms with Gasteiger partial charge in [-0.05, 0) is 38.5 Å². The van der Waals surface area contributed by atoms with Gasteiger partial charge in [-0.25, -0.2) is 4.57 Å². The van der Waals surface area contributed by atoms with Crippen molar-refractivity contribution >= 4 is 13.7 Å². The Kier molecular flexibility index (Phi) is 42.5. The van der Waals surface area contributed by atoms with Crippen LogP contribution in [0, 0.1) is 0 Å². The molecule has 9 heteroatoms. The third-order valence-electron chi connectivity index (χ3n) is 11.7. The summed E-state index contributed by atoms with van der Waals surface area (Å²) in [6.07, 6.45) is 52.8. The van der Waals surface area contributed by atoms with E-state index in [2.05, 4.69) is 31.3 Å². The predicted octanol–water partition coefficient (Wildman–Crippen LogP) is 14.9. The van der Waals surface area contributed by atoms with E-state index in [1.54, 1.807) is 6.08 Å². The molecule has 3 atom stereocenters. The average Bonchev–Trinajstić information content (AvgIpc) is 3.20. The van der Waals surface area contributed by atoms with Gasteiger partial charge in [0.1, 0.15) is 13.2 Å². The van der Waals surface area contributed by atoms with E-state index in [0.29, 0.717) is 17.4 Å². The van der Waals surface area contributed by atoms with E-state index < -0.39 is 20.0 Å². The first-order valence-corrected chi connectivity index (χ1v) is 27.2. The molecule has 0 aliphatic carbocycles. The van der Waals surface area contributed by atoms with Crippen molar-refractivity contribution < 1.29 is 32.9 Å². The number of hydrogen-bond donors (Lipinski definition) is 3. The highest BCUT2D eigenvalue weighted by atomic mass is 31.2. The van der Waals surface area contributed by atoms with Gasteiger partial charge in [-0.2, -0.15) is 0 Å². The lowest BCUT2D eigenvalue weighted by Crippen LogP contribution is -2.45. The molecule has 0 heterocycles. The van der Waals surface area contributed by atoms with Gasteiger partial charge in [0, 0.05) is 6.42 Å². The van der Waals surface area contributed by atoms with Crippen molar-refractivity contribution in [2.24, 2.45) is 0 Å². The van der Waals surface area contributed by atoms with Crippen LogP contribution in [-0.2, 0) is 18.4 Å². The van der Waals surface area contributed by atoms with Crippen LogP contribution < -0.4 is 5.32 Å². The molecule has 0 saturated heterocycles. The highest BCUT2D eigenvalue weighted by molar-refractivity contribution is 7.47. The summed E-state index contributed by atoms with van der Waals surface area (Å²) in [6.45, 7) is 4.79. The minimum Gasteiger partial charge on any atom is -0.387 e. The fraction of sp³-hybridized carbons (Fsp3) is 0.902. The van der Waals surface area contributed by atoms with Crippen molar-refractivity contribution in [1.82, 2.24) is 5.32 Å². The molecule has 0 aromatic rings. The minimum absolute atomic E-state index is 0.0610. The Morgan fingerprint density at radius 2 is 0.917 bits per heavy atom. The van der Waals surface area contributed by atoms with Crippen molar-refractivity contribution in [2.45, 2.75) is 257 Å². The van der Waals surface area contributed by atoms with Crippen molar-refractivity contribution in [2.75, 3.05) is 40.9 Å². The zero-order valence-electron chi connectivity index (χ0n) is 40.5. The number of carbonyl (C=O) groups is 1. The highest BCUT2D eigenvalue weighted by Crippen LogP contribution is 2.43. The summed E-state index contributed by atoms with van der Waals surface area (Å²) < 4.78 is 23.6. The number of aliphatic hydroxyl groups is 1. The van der Waals surface area contributed by atoms with Crippen LogP contribution in [-0.4, -0.2) is 73.4 Å². The van der Waals surface area contributed by atoms with Gasteiger partial charge in [0.05, 0.1) is 39.9 Å². The Balaban J connectivity index is 4.14. The minimum atomic E-state index is -4.34. The summed E-state index contributed by atoms with van der Waals surface area (Å²) in [5.74, 6) is -0.186. The SMILES string of the molecule is CCCC/C=C\CCCCCCCC(=O)NC(COP(=O)(O)OCC[N+](C)(C)C)C(O)/C=C/CCCCCCCCCCCCCCCCCCCCCCCCCCC. The van der Waals surface area contributed by atoms with Crippen LogP contribution >= 0.6 is 7.82 Å². The van der Waals surface area contributed by atoms with E-state index in [-0.39, 0.29) is 19.1 Å². The second kappa shape index (κ2) is 43.2. The monoisotopic (exact) mass is 870 g/mol. The first-order valence-electron chi connectivity index (χ1n) is 25.7. The second-order valence-corrected chi connectivity index (χ2v) is 20.4. The first-order chi connectivity index (χ1) is 29.0. The molecule has 1 amide bonds. The van der Waals surface area contributed by atoms with Crippen LogP contribution in [0.1, 0.15) is 245 Å². The van der Waals surface area contributed by atoms with Crippen LogP contribution in [0.15, 0.2) is 24.3 Å². The van der Waals surface area contributed by atoms with Crippen LogP contribution in [0.5, 0.6) is 0 Å². The molecule has 0 fully saturated rings. The summed E-state index contributed by atoms with van der Waals surface area (Å²) in [5, 5.41) is 13.8. The Morgan fingerprint density at radius 3 is 1.33 bits per heavy atom. The van der Waals surface area contributed by atoms with Crippen molar-refractivity contribution in [3.8, 4) is 0 Å². The van der Waals surface area contributed by atoms with E-state index >= 15 is 0 Å². The molecular formula is C51H102N2O6P+. The number of carbonyl (C=O) groups excluding carboxylic acids is 1. The Bertz CT molecular complexity index is 1030. The highest BCUT2D eigenvalue weighted by Gasteiger charge is 2.27. The number of amides is 1. The molecule has 0 aromatic carbocycles. The normalized spacial score (nSPS) is 14.3. The van der Waals surface area contributed by atoms with Gasteiger partial charge < -0.3 is 19.8 Å². The molecule has 356 valence electrons. The number of likely N-dealkylation sites (N-methyl/N-ethyl adjacent to an activating group) is 1. The number of aliphatic hydroxyl groups excluding tert-OH is 1. The molecule has 0 spiro atoms. The number of quaternary nitrogens is 1. The van der Waals surface area contributed by atoms with E-state index in [4.69, 9.17) is 9.05 Å². The molecule has 0 radical (unpaired) electrons. The van der Waals surface area contributed by atoms with Crippen molar-refractivity contribution in [3.05, 3.63) is 24.3 Å². The summed E-state index contributed by atoms with van der Waals surface area (Å²) in [5.41, 5.74) is 0. The van der Waals surface area contributed by atoms with Crippen LogP contribution in [0.4, 0.5) is 0 Å². The second-order valence-electron chi connectivity index (χ2n) is 18.9. The zero-order chi connectivity index (χ0) is 44.3. The Labute approximate surface area is 373 Å². The van der Waals surface area contributed by atoms with Crippen LogP contribution in [0.3, 0.4) is 0 Å². The van der Waals surface area contributed by atoms with E-state index in [0.717, 1.165) is 51.4 Å². The van der Waals surface area contributed by atoms with E-state index in [1.807, 2.05) is 27.2 Å². The van der Waals surface area contributed by atoms with Gasteiger partial charge in [-0.1, -0.05) is 224 Å². The molecule has 0 aromatic heterocycles. The molecule has 0 rings (SSSR count). The standard InChI is InChI=1S/C51H101N2O6P/c1-6-8-10-12-14-16-18-19-20-21-22-23-24-25-26-27-28-29-30-31-32-33-35-36-38-40-42-44-50(54)49(48-59-60(56,57)58-47-46-53(3,4)5)52-51(55)45-43-41-39-37-34-17-15-13-11-9-7-2/h13,15,42,44,49-50,54H,6-12,14,16-41,43,45-48H2,1-5H3,(H-,52,55,56,57)/p+1/b15-13-,44-42+. The maximum absolute atomic E-state index is 12.8. The summed E-state index contributed by atoms with van der Waals surface area (Å²) >= 11 is 0. The molecular weight excluding hydrogens is 768 g/mol. The van der Waals surface area contributed by atoms with Crippen LogP contribution in [0.25, 0.3) is 0 Å². The Morgan fingerprint density at radius 1 is 0.550 bits per heavy atom. The Hall–Kier alpha value is -1.02. The number of phosphoric acid groups is 1. The number of nitrogens with one attached hydrogen (secondary N) is 1. The number of hydrogen-bond acceptors (Lipinski definition) is 5. The molecule has 0 saturated carbocycles. The predicted molar refractivity (Wildman–Crippen MR) is 258 cm³/mol.